The molecule has 0 spiro atoms. The predicted octanol–water partition coefficient (Wildman–Crippen LogP) is 3.00. The minimum absolute atomic E-state index is 0.173. The number of halogens is 1. The van der Waals surface area contributed by atoms with Gasteiger partial charge in [-0.25, -0.2) is 0 Å². The van der Waals surface area contributed by atoms with Gasteiger partial charge in [-0.15, -0.1) is 0 Å². The van der Waals surface area contributed by atoms with Gasteiger partial charge in [0.1, 0.15) is 5.69 Å². The van der Waals surface area contributed by atoms with Gasteiger partial charge in [-0.2, -0.15) is 0 Å². The summed E-state index contributed by atoms with van der Waals surface area (Å²) >= 11 is 5.99. The minimum atomic E-state index is -0.884. The molecule has 1 fully saturated rings. The van der Waals surface area contributed by atoms with Crippen LogP contribution in [-0.4, -0.2) is 27.7 Å². The summed E-state index contributed by atoms with van der Waals surface area (Å²) in [7, 11) is 0. The molecule has 112 valence electrons. The van der Waals surface area contributed by atoms with Crippen LogP contribution in [0.5, 0.6) is 0 Å². The fourth-order valence-electron chi connectivity index (χ4n) is 2.60. The number of aliphatic hydroxyl groups is 1. The van der Waals surface area contributed by atoms with Crippen LogP contribution in [0.2, 0.25) is 5.02 Å². The molecule has 1 aromatic rings. The van der Waals surface area contributed by atoms with Gasteiger partial charge in [0.05, 0.1) is 10.6 Å². The molecule has 20 heavy (non-hydrogen) atoms. The van der Waals surface area contributed by atoms with Gasteiger partial charge in [-0.05, 0) is 38.2 Å². The Hall–Kier alpha value is -1.00. The molecule has 0 saturated heterocycles. The minimum Gasteiger partial charge on any atom is -0.388 e. The molecule has 1 aromatic heterocycles. The lowest BCUT2D eigenvalue weighted by Crippen LogP contribution is -2.41. The maximum absolute atomic E-state index is 12.2. The van der Waals surface area contributed by atoms with Crippen molar-refractivity contribution < 1.29 is 9.90 Å². The van der Waals surface area contributed by atoms with Crippen molar-refractivity contribution in [3.05, 3.63) is 23.0 Å². The van der Waals surface area contributed by atoms with Crippen molar-refractivity contribution in [2.45, 2.75) is 51.7 Å². The molecule has 1 aliphatic rings. The van der Waals surface area contributed by atoms with Crippen molar-refractivity contribution in [2.75, 3.05) is 6.54 Å². The van der Waals surface area contributed by atoms with Gasteiger partial charge in [0.2, 0.25) is 0 Å². The van der Waals surface area contributed by atoms with E-state index in [1.807, 2.05) is 18.4 Å². The molecule has 0 bridgehead atoms. The SMILES string of the molecule is CC(C)CC(C)(O)CNC(=O)c1cc(Cl)cn1C1CC1. The highest BCUT2D eigenvalue weighted by Gasteiger charge is 2.29. The van der Waals surface area contributed by atoms with Crippen molar-refractivity contribution >= 4 is 17.5 Å². The van der Waals surface area contributed by atoms with E-state index >= 15 is 0 Å². The standard InChI is InChI=1S/C15H23ClN2O2/c1-10(2)7-15(3,20)9-17-14(19)13-6-11(16)8-18(13)12-4-5-12/h6,8,10,12,20H,4-5,7,9H2,1-3H3,(H,17,19). The first-order chi connectivity index (χ1) is 9.28. The second kappa shape index (κ2) is 5.78. The van der Waals surface area contributed by atoms with Gasteiger partial charge in [0, 0.05) is 18.8 Å². The Morgan fingerprint density at radius 2 is 2.25 bits per heavy atom. The van der Waals surface area contributed by atoms with Gasteiger partial charge in [0.25, 0.3) is 5.91 Å². The third kappa shape index (κ3) is 4.00. The number of nitrogens with zero attached hydrogens (tertiary/aromatic N) is 1. The fourth-order valence-corrected chi connectivity index (χ4v) is 2.80. The first kappa shape index (κ1) is 15.4. The zero-order valence-corrected chi connectivity index (χ0v) is 13.1. The quantitative estimate of drug-likeness (QED) is 0.848. The summed E-state index contributed by atoms with van der Waals surface area (Å²) in [6.45, 7) is 6.10. The van der Waals surface area contributed by atoms with E-state index in [-0.39, 0.29) is 12.5 Å². The molecule has 0 radical (unpaired) electrons. The van der Waals surface area contributed by atoms with Crippen molar-refractivity contribution in [1.29, 1.82) is 0 Å². The van der Waals surface area contributed by atoms with Crippen LogP contribution >= 0.6 is 11.6 Å². The number of aromatic nitrogens is 1. The molecular weight excluding hydrogens is 276 g/mol. The second-order valence-electron chi connectivity index (χ2n) is 6.46. The molecule has 2 N–H and O–H groups in total. The molecule has 5 heteroatoms. The molecule has 4 nitrogen and oxygen atoms in total. The van der Waals surface area contributed by atoms with Crippen LogP contribution in [-0.2, 0) is 0 Å². The Kier molecular flexibility index (Phi) is 4.45. The van der Waals surface area contributed by atoms with Gasteiger partial charge < -0.3 is 15.0 Å². The average Bonchev–Trinajstić information content (AvgIpc) is 3.08. The Labute approximate surface area is 125 Å². The summed E-state index contributed by atoms with van der Waals surface area (Å²) in [4.78, 5) is 12.2. The lowest BCUT2D eigenvalue weighted by atomic mass is 9.94. The molecule has 2 rings (SSSR count). The molecule has 1 aliphatic carbocycles. The largest absolute Gasteiger partial charge is 0.388 e. The summed E-state index contributed by atoms with van der Waals surface area (Å²) in [5, 5.41) is 13.6. The molecule has 1 amide bonds. The van der Waals surface area contributed by atoms with Crippen LogP contribution < -0.4 is 5.32 Å². The van der Waals surface area contributed by atoms with Gasteiger partial charge in [-0.3, -0.25) is 4.79 Å². The third-order valence-corrected chi connectivity index (χ3v) is 3.67. The highest BCUT2D eigenvalue weighted by molar-refractivity contribution is 6.31. The lowest BCUT2D eigenvalue weighted by molar-refractivity contribution is 0.0367. The maximum Gasteiger partial charge on any atom is 0.268 e. The molecule has 0 aromatic carbocycles. The number of carbonyl (C=O) groups is 1. The van der Waals surface area contributed by atoms with Gasteiger partial charge in [0.15, 0.2) is 0 Å². The Morgan fingerprint density at radius 3 is 2.80 bits per heavy atom. The molecule has 1 atom stereocenters. The number of carbonyl (C=O) groups excluding carboxylic acids is 1. The summed E-state index contributed by atoms with van der Waals surface area (Å²) < 4.78 is 1.94. The summed E-state index contributed by atoms with van der Waals surface area (Å²) in [6.07, 6.45) is 4.64. The Bertz CT molecular complexity index is 490. The van der Waals surface area contributed by atoms with E-state index in [9.17, 15) is 9.90 Å². The van der Waals surface area contributed by atoms with Gasteiger partial charge >= 0.3 is 0 Å². The molecule has 0 aliphatic heterocycles. The van der Waals surface area contributed by atoms with E-state index in [1.165, 1.54) is 0 Å². The zero-order valence-electron chi connectivity index (χ0n) is 12.3. The van der Waals surface area contributed by atoms with Crippen LogP contribution in [0.15, 0.2) is 12.3 Å². The van der Waals surface area contributed by atoms with Crippen molar-refractivity contribution in [3.63, 3.8) is 0 Å². The lowest BCUT2D eigenvalue weighted by Gasteiger charge is -2.25. The number of nitrogens with one attached hydrogen (secondary N) is 1. The second-order valence-corrected chi connectivity index (χ2v) is 6.90. The van der Waals surface area contributed by atoms with Crippen LogP contribution in [0, 0.1) is 5.92 Å². The average molecular weight is 299 g/mol. The van der Waals surface area contributed by atoms with E-state index in [4.69, 9.17) is 11.6 Å². The van der Waals surface area contributed by atoms with E-state index in [0.29, 0.717) is 29.1 Å². The van der Waals surface area contributed by atoms with Crippen LogP contribution in [0.3, 0.4) is 0 Å². The number of rotatable bonds is 6. The first-order valence-corrected chi connectivity index (χ1v) is 7.54. The van der Waals surface area contributed by atoms with Crippen LogP contribution in [0.4, 0.5) is 0 Å². The van der Waals surface area contributed by atoms with Crippen molar-refractivity contribution in [2.24, 2.45) is 5.92 Å². The Morgan fingerprint density at radius 1 is 1.60 bits per heavy atom. The van der Waals surface area contributed by atoms with Crippen molar-refractivity contribution in [3.8, 4) is 0 Å². The summed E-state index contributed by atoms with van der Waals surface area (Å²) in [5.74, 6) is 0.208. The fraction of sp³-hybridized carbons (Fsp3) is 0.667. The van der Waals surface area contributed by atoms with Gasteiger partial charge in [-0.1, -0.05) is 25.4 Å². The van der Waals surface area contributed by atoms with E-state index in [1.54, 1.807) is 19.2 Å². The highest BCUT2D eigenvalue weighted by Crippen LogP contribution is 2.37. The van der Waals surface area contributed by atoms with Crippen LogP contribution in [0.25, 0.3) is 0 Å². The van der Waals surface area contributed by atoms with E-state index < -0.39 is 5.60 Å². The number of hydrogen-bond acceptors (Lipinski definition) is 2. The third-order valence-electron chi connectivity index (χ3n) is 3.47. The van der Waals surface area contributed by atoms with E-state index in [2.05, 4.69) is 5.32 Å². The summed E-state index contributed by atoms with van der Waals surface area (Å²) in [6, 6.07) is 2.09. The number of hydrogen-bond donors (Lipinski definition) is 2. The topological polar surface area (TPSA) is 54.3 Å². The predicted molar refractivity (Wildman–Crippen MR) is 80.1 cm³/mol. The van der Waals surface area contributed by atoms with Crippen molar-refractivity contribution in [1.82, 2.24) is 9.88 Å². The normalized spacial score (nSPS) is 18.1. The molecule has 1 unspecified atom stereocenters. The van der Waals surface area contributed by atoms with E-state index in [0.717, 1.165) is 12.8 Å². The highest BCUT2D eigenvalue weighted by atomic mass is 35.5. The Balaban J connectivity index is 1.98. The first-order valence-electron chi connectivity index (χ1n) is 7.16. The van der Waals surface area contributed by atoms with Crippen LogP contribution in [0.1, 0.15) is 56.6 Å². The molecule has 1 saturated carbocycles. The molecular formula is C15H23ClN2O2. The number of amides is 1. The zero-order chi connectivity index (χ0) is 14.9. The monoisotopic (exact) mass is 298 g/mol. The molecule has 1 heterocycles. The maximum atomic E-state index is 12.2. The summed E-state index contributed by atoms with van der Waals surface area (Å²) in [5.41, 5.74) is -0.303. The smallest absolute Gasteiger partial charge is 0.268 e.